The predicted octanol–water partition coefficient (Wildman–Crippen LogP) is 2.70. The summed E-state index contributed by atoms with van der Waals surface area (Å²) in [7, 11) is -3.35. The average Bonchev–Trinajstić information content (AvgIpc) is 2.54. The Balaban J connectivity index is 2.03. The Hall–Kier alpha value is -2.54. The van der Waals surface area contributed by atoms with Crippen molar-refractivity contribution in [2.75, 3.05) is 17.6 Å². The van der Waals surface area contributed by atoms with Gasteiger partial charge < -0.3 is 10.1 Å². The van der Waals surface area contributed by atoms with Crippen LogP contribution in [0.4, 0.5) is 5.69 Å². The first-order valence-electron chi connectivity index (χ1n) is 7.87. The molecule has 2 aromatic carbocycles. The molecule has 2 N–H and O–H groups in total. The number of benzene rings is 2. The van der Waals surface area contributed by atoms with Crippen LogP contribution in [-0.4, -0.2) is 27.2 Å². The van der Waals surface area contributed by atoms with Gasteiger partial charge in [-0.2, -0.15) is 0 Å². The Bertz CT molecular complexity index is 863. The summed E-state index contributed by atoms with van der Waals surface area (Å²) in [5, 5.41) is 2.85. The maximum absolute atomic E-state index is 12.3. The molecule has 0 aliphatic heterocycles. The van der Waals surface area contributed by atoms with Gasteiger partial charge in [0.15, 0.2) is 0 Å². The van der Waals surface area contributed by atoms with Crippen molar-refractivity contribution in [2.45, 2.75) is 20.4 Å². The van der Waals surface area contributed by atoms with Gasteiger partial charge in [-0.25, -0.2) is 8.42 Å². The first kappa shape index (κ1) is 18.8. The maximum Gasteiger partial charge on any atom is 0.251 e. The van der Waals surface area contributed by atoms with E-state index in [9.17, 15) is 13.2 Å². The summed E-state index contributed by atoms with van der Waals surface area (Å²) in [5.74, 6) is 0.539. The van der Waals surface area contributed by atoms with Crippen molar-refractivity contribution < 1.29 is 17.9 Å². The number of hydrogen-bond donors (Lipinski definition) is 2. The fourth-order valence-corrected chi connectivity index (χ4v) is 2.94. The lowest BCUT2D eigenvalue weighted by atomic mass is 10.1. The van der Waals surface area contributed by atoms with Crippen LogP contribution >= 0.6 is 0 Å². The van der Waals surface area contributed by atoms with Crippen LogP contribution in [0.1, 0.15) is 28.4 Å². The summed E-state index contributed by atoms with van der Waals surface area (Å²) in [4.78, 5) is 12.3. The fourth-order valence-electron chi connectivity index (χ4n) is 2.32. The monoisotopic (exact) mass is 362 g/mol. The van der Waals surface area contributed by atoms with Gasteiger partial charge in [0, 0.05) is 12.1 Å². The van der Waals surface area contributed by atoms with Crippen LogP contribution in [0.3, 0.4) is 0 Å². The van der Waals surface area contributed by atoms with Crippen LogP contribution in [0.2, 0.25) is 0 Å². The van der Waals surface area contributed by atoms with Crippen molar-refractivity contribution in [3.8, 4) is 5.75 Å². The Morgan fingerprint density at radius 1 is 1.16 bits per heavy atom. The van der Waals surface area contributed by atoms with E-state index in [1.54, 1.807) is 25.1 Å². The molecule has 25 heavy (non-hydrogen) atoms. The fraction of sp³-hybridized carbons (Fsp3) is 0.278. The van der Waals surface area contributed by atoms with Gasteiger partial charge in [-0.3, -0.25) is 9.52 Å². The lowest BCUT2D eigenvalue weighted by Gasteiger charge is -2.11. The summed E-state index contributed by atoms with van der Waals surface area (Å²) < 4.78 is 30.5. The number of amides is 1. The van der Waals surface area contributed by atoms with Crippen LogP contribution in [0.25, 0.3) is 0 Å². The molecule has 0 spiro atoms. The summed E-state index contributed by atoms with van der Waals surface area (Å²) in [5.41, 5.74) is 2.55. The van der Waals surface area contributed by atoms with Crippen molar-refractivity contribution >= 4 is 21.6 Å². The topological polar surface area (TPSA) is 84.5 Å². The second kappa shape index (κ2) is 8.02. The summed E-state index contributed by atoms with van der Waals surface area (Å²) >= 11 is 0. The number of aryl methyl sites for hydroxylation is 1. The molecular weight excluding hydrogens is 340 g/mol. The molecule has 0 fully saturated rings. The molecule has 0 unspecified atom stereocenters. The van der Waals surface area contributed by atoms with Gasteiger partial charge in [-0.15, -0.1) is 0 Å². The lowest BCUT2D eigenvalue weighted by molar-refractivity contribution is 0.0951. The number of carbonyl (C=O) groups excluding carboxylic acids is 1. The number of sulfonamides is 1. The van der Waals surface area contributed by atoms with Crippen LogP contribution in [0.15, 0.2) is 42.5 Å². The van der Waals surface area contributed by atoms with Crippen LogP contribution in [-0.2, 0) is 16.6 Å². The Kier molecular flexibility index (Phi) is 6.03. The molecular formula is C18H22N2O4S. The molecule has 0 aromatic heterocycles. The normalized spacial score (nSPS) is 11.0. The van der Waals surface area contributed by atoms with Gasteiger partial charge >= 0.3 is 0 Å². The second-order valence-electron chi connectivity index (χ2n) is 5.67. The minimum absolute atomic E-state index is 0.226. The highest BCUT2D eigenvalue weighted by Crippen LogP contribution is 2.18. The molecule has 0 aliphatic rings. The van der Waals surface area contributed by atoms with Crippen molar-refractivity contribution in [1.29, 1.82) is 0 Å². The Morgan fingerprint density at radius 3 is 2.56 bits per heavy atom. The van der Waals surface area contributed by atoms with Crippen LogP contribution in [0.5, 0.6) is 5.75 Å². The zero-order chi connectivity index (χ0) is 18.4. The zero-order valence-corrected chi connectivity index (χ0v) is 15.3. The SMILES string of the molecule is CCOc1cccc(CNC(=O)c2ccc(NS(C)(=O)=O)c(C)c2)c1. The quantitative estimate of drug-likeness (QED) is 0.793. The van der Waals surface area contributed by atoms with E-state index < -0.39 is 10.0 Å². The molecule has 0 atom stereocenters. The third kappa shape index (κ3) is 5.79. The molecule has 0 bridgehead atoms. The lowest BCUT2D eigenvalue weighted by Crippen LogP contribution is -2.23. The number of carbonyl (C=O) groups is 1. The summed E-state index contributed by atoms with van der Waals surface area (Å²) in [6, 6.07) is 12.4. The van der Waals surface area contributed by atoms with E-state index in [1.807, 2.05) is 31.2 Å². The van der Waals surface area contributed by atoms with Gasteiger partial charge in [0.05, 0.1) is 18.6 Å². The largest absolute Gasteiger partial charge is 0.494 e. The molecule has 1 amide bonds. The van der Waals surface area contributed by atoms with E-state index >= 15 is 0 Å². The third-order valence-corrected chi connectivity index (χ3v) is 4.04. The summed E-state index contributed by atoms with van der Waals surface area (Å²) in [6.45, 7) is 4.63. The van der Waals surface area contributed by atoms with Gasteiger partial charge in [0.2, 0.25) is 10.0 Å². The van der Waals surface area contributed by atoms with Crippen molar-refractivity contribution in [2.24, 2.45) is 0 Å². The molecule has 0 radical (unpaired) electrons. The van der Waals surface area contributed by atoms with Crippen molar-refractivity contribution in [3.63, 3.8) is 0 Å². The minimum atomic E-state index is -3.35. The standard InChI is InChI=1S/C18H22N2O4S/c1-4-24-16-7-5-6-14(11-16)12-19-18(21)15-8-9-17(13(2)10-15)20-25(3,22)23/h5-11,20H,4,12H2,1-3H3,(H,19,21). The number of anilines is 1. The molecule has 2 rings (SSSR count). The van der Waals surface area contributed by atoms with E-state index in [4.69, 9.17) is 4.74 Å². The number of rotatable bonds is 7. The molecule has 0 saturated carbocycles. The third-order valence-electron chi connectivity index (χ3n) is 3.45. The van der Waals surface area contributed by atoms with Crippen molar-refractivity contribution in [1.82, 2.24) is 5.32 Å². The molecule has 6 nitrogen and oxygen atoms in total. The molecule has 134 valence electrons. The molecule has 0 heterocycles. The van der Waals surface area contributed by atoms with Gasteiger partial charge in [-0.05, 0) is 55.3 Å². The first-order chi connectivity index (χ1) is 11.8. The van der Waals surface area contributed by atoms with Gasteiger partial charge in [0.1, 0.15) is 5.75 Å². The number of nitrogens with one attached hydrogen (secondary N) is 2. The highest BCUT2D eigenvalue weighted by atomic mass is 32.2. The number of hydrogen-bond acceptors (Lipinski definition) is 4. The molecule has 7 heteroatoms. The van der Waals surface area contributed by atoms with E-state index in [2.05, 4.69) is 10.0 Å². The highest BCUT2D eigenvalue weighted by Gasteiger charge is 2.10. The van der Waals surface area contributed by atoms with Gasteiger partial charge in [-0.1, -0.05) is 12.1 Å². The maximum atomic E-state index is 12.3. The summed E-state index contributed by atoms with van der Waals surface area (Å²) in [6.07, 6.45) is 1.09. The molecule has 0 saturated heterocycles. The van der Waals surface area contributed by atoms with E-state index in [1.165, 1.54) is 0 Å². The van der Waals surface area contributed by atoms with E-state index in [0.29, 0.717) is 30.0 Å². The predicted molar refractivity (Wildman–Crippen MR) is 98.4 cm³/mol. The Labute approximate surface area is 148 Å². The first-order valence-corrected chi connectivity index (χ1v) is 9.76. The Morgan fingerprint density at radius 2 is 1.92 bits per heavy atom. The second-order valence-corrected chi connectivity index (χ2v) is 7.42. The van der Waals surface area contributed by atoms with Gasteiger partial charge in [0.25, 0.3) is 5.91 Å². The van der Waals surface area contributed by atoms with Crippen LogP contribution < -0.4 is 14.8 Å². The number of ether oxygens (including phenoxy) is 1. The van der Waals surface area contributed by atoms with Crippen molar-refractivity contribution in [3.05, 3.63) is 59.2 Å². The average molecular weight is 362 g/mol. The molecule has 2 aromatic rings. The minimum Gasteiger partial charge on any atom is -0.494 e. The zero-order valence-electron chi connectivity index (χ0n) is 14.5. The van der Waals surface area contributed by atoms with E-state index in [0.717, 1.165) is 17.6 Å². The highest BCUT2D eigenvalue weighted by molar-refractivity contribution is 7.92. The molecule has 0 aliphatic carbocycles. The van der Waals surface area contributed by atoms with E-state index in [-0.39, 0.29) is 5.91 Å². The van der Waals surface area contributed by atoms with Crippen LogP contribution in [0, 0.1) is 6.92 Å². The smallest absolute Gasteiger partial charge is 0.251 e.